The lowest BCUT2D eigenvalue weighted by Gasteiger charge is -2.10. The maximum Gasteiger partial charge on any atom is 0.313 e. The third-order valence-corrected chi connectivity index (χ3v) is 6.65. The molecule has 0 aliphatic heterocycles. The Kier molecular flexibility index (Phi) is 3.03. The van der Waals surface area contributed by atoms with Crippen molar-refractivity contribution in [2.24, 2.45) is 10.3 Å². The molecule has 4 N–H and O–H groups in total. The SMILES string of the molecule is NSP(=O)(SN)n1ccnc1. The quantitative estimate of drug-likeness (QED) is 0.572. The highest BCUT2D eigenvalue weighted by molar-refractivity contribution is 8.89. The van der Waals surface area contributed by atoms with E-state index in [1.165, 1.54) is 16.9 Å². The minimum Gasteiger partial charge on any atom is -0.273 e. The number of aromatic nitrogens is 2. The molecule has 0 amide bonds. The molecule has 1 aromatic heterocycles. The van der Waals surface area contributed by atoms with Crippen molar-refractivity contribution < 1.29 is 4.57 Å². The number of nitrogens with two attached hydrogens (primary N) is 2. The Morgan fingerprint density at radius 3 is 2.45 bits per heavy atom. The van der Waals surface area contributed by atoms with Gasteiger partial charge in [-0.05, 0) is 0 Å². The summed E-state index contributed by atoms with van der Waals surface area (Å²) in [5, 5.41) is 10.4. The van der Waals surface area contributed by atoms with Crippen LogP contribution in [0.15, 0.2) is 18.7 Å². The summed E-state index contributed by atoms with van der Waals surface area (Å²) < 4.78 is 13.0. The predicted molar refractivity (Wildman–Crippen MR) is 48.8 cm³/mol. The van der Waals surface area contributed by atoms with Gasteiger partial charge in [0.15, 0.2) is 0 Å². The summed E-state index contributed by atoms with van der Waals surface area (Å²) in [6.07, 6.45) is 4.53. The fraction of sp³-hybridized carbons (Fsp3) is 0. The molecule has 0 unspecified atom stereocenters. The molecule has 0 aliphatic carbocycles. The molecule has 62 valence electrons. The minimum absolute atomic E-state index is 0.746. The predicted octanol–water partition coefficient (Wildman–Crippen LogP) is 1.05. The second kappa shape index (κ2) is 3.64. The zero-order valence-electron chi connectivity index (χ0n) is 5.45. The van der Waals surface area contributed by atoms with Crippen molar-refractivity contribution in [3.8, 4) is 0 Å². The van der Waals surface area contributed by atoms with Gasteiger partial charge in [0, 0.05) is 35.5 Å². The number of hydrogen-bond donors (Lipinski definition) is 2. The van der Waals surface area contributed by atoms with Crippen LogP contribution in [0.5, 0.6) is 0 Å². The van der Waals surface area contributed by atoms with E-state index in [0.29, 0.717) is 0 Å². The Labute approximate surface area is 72.1 Å². The lowest BCUT2D eigenvalue weighted by molar-refractivity contribution is 0.589. The smallest absolute Gasteiger partial charge is 0.273 e. The van der Waals surface area contributed by atoms with E-state index in [1.54, 1.807) is 6.20 Å². The third kappa shape index (κ3) is 1.80. The maximum absolute atomic E-state index is 11.6. The third-order valence-electron chi connectivity index (χ3n) is 1.04. The molecular weight excluding hydrogens is 203 g/mol. The maximum atomic E-state index is 11.6. The molecule has 0 bridgehead atoms. The van der Waals surface area contributed by atoms with Gasteiger partial charge in [0.05, 0.1) is 0 Å². The molecule has 0 aromatic carbocycles. The van der Waals surface area contributed by atoms with E-state index in [2.05, 4.69) is 4.98 Å². The molecule has 0 aliphatic rings. The molecule has 0 atom stereocenters. The zero-order valence-corrected chi connectivity index (χ0v) is 7.98. The Bertz CT molecular complexity index is 254. The van der Waals surface area contributed by atoms with E-state index in [0.717, 1.165) is 23.1 Å². The number of hydrogen-bond acceptors (Lipinski definition) is 6. The van der Waals surface area contributed by atoms with Crippen LogP contribution in [-0.2, 0) is 4.57 Å². The average molecular weight is 210 g/mol. The fourth-order valence-electron chi connectivity index (χ4n) is 0.531. The molecule has 0 spiro atoms. The van der Waals surface area contributed by atoms with Crippen molar-refractivity contribution >= 4 is 28.8 Å². The Morgan fingerprint density at radius 2 is 2.09 bits per heavy atom. The highest BCUT2D eigenvalue weighted by Crippen LogP contribution is 2.64. The van der Waals surface area contributed by atoms with Crippen LogP contribution in [-0.4, -0.2) is 9.32 Å². The van der Waals surface area contributed by atoms with Crippen LogP contribution in [0.3, 0.4) is 0 Å². The molecule has 1 heterocycles. The van der Waals surface area contributed by atoms with Crippen molar-refractivity contribution in [1.82, 2.24) is 9.32 Å². The molecular formula is C3H7N4OPS2. The van der Waals surface area contributed by atoms with Gasteiger partial charge in [-0.1, -0.05) is 0 Å². The van der Waals surface area contributed by atoms with E-state index in [4.69, 9.17) is 10.3 Å². The number of rotatable bonds is 3. The van der Waals surface area contributed by atoms with Gasteiger partial charge in [-0.3, -0.25) is 19.2 Å². The van der Waals surface area contributed by atoms with Gasteiger partial charge in [-0.15, -0.1) is 0 Å². The summed E-state index contributed by atoms with van der Waals surface area (Å²) in [5.74, 6) is 0. The highest BCUT2D eigenvalue weighted by Gasteiger charge is 2.22. The summed E-state index contributed by atoms with van der Waals surface area (Å²) in [5.41, 5.74) is -2.74. The van der Waals surface area contributed by atoms with Gasteiger partial charge in [-0.2, -0.15) is 0 Å². The first kappa shape index (κ1) is 9.15. The van der Waals surface area contributed by atoms with Gasteiger partial charge in [0.2, 0.25) is 0 Å². The summed E-state index contributed by atoms with van der Waals surface area (Å²) in [7, 11) is 0. The first-order valence-corrected chi connectivity index (χ1v) is 7.21. The Morgan fingerprint density at radius 1 is 1.45 bits per heavy atom. The van der Waals surface area contributed by atoms with E-state index in [1.807, 2.05) is 0 Å². The van der Waals surface area contributed by atoms with E-state index in [-0.39, 0.29) is 0 Å². The van der Waals surface area contributed by atoms with Crippen LogP contribution in [0.1, 0.15) is 0 Å². The molecule has 1 aromatic rings. The van der Waals surface area contributed by atoms with Crippen LogP contribution >= 0.6 is 28.8 Å². The van der Waals surface area contributed by atoms with Gasteiger partial charge in [-0.25, -0.2) is 4.98 Å². The first-order valence-electron chi connectivity index (χ1n) is 2.59. The molecule has 0 radical (unpaired) electrons. The van der Waals surface area contributed by atoms with Crippen molar-refractivity contribution in [1.29, 1.82) is 0 Å². The van der Waals surface area contributed by atoms with Crippen molar-refractivity contribution in [3.63, 3.8) is 0 Å². The molecule has 0 saturated carbocycles. The van der Waals surface area contributed by atoms with Crippen LogP contribution in [0.2, 0.25) is 0 Å². The van der Waals surface area contributed by atoms with Crippen LogP contribution in [0.25, 0.3) is 0 Å². The van der Waals surface area contributed by atoms with Crippen molar-refractivity contribution in [2.45, 2.75) is 0 Å². The van der Waals surface area contributed by atoms with Crippen LogP contribution in [0.4, 0.5) is 0 Å². The zero-order chi connectivity index (χ0) is 8.32. The minimum atomic E-state index is -2.74. The first-order chi connectivity index (χ1) is 5.23. The summed E-state index contributed by atoms with van der Waals surface area (Å²) in [6, 6.07) is 0. The van der Waals surface area contributed by atoms with Crippen molar-refractivity contribution in [3.05, 3.63) is 18.7 Å². The van der Waals surface area contributed by atoms with Gasteiger partial charge in [0.25, 0.3) is 0 Å². The van der Waals surface area contributed by atoms with Gasteiger partial charge in [0.1, 0.15) is 6.33 Å². The summed E-state index contributed by atoms with van der Waals surface area (Å²) >= 11 is 1.49. The van der Waals surface area contributed by atoms with Crippen LogP contribution in [0, 0.1) is 0 Å². The molecule has 5 nitrogen and oxygen atoms in total. The molecule has 1 rings (SSSR count). The lowest BCUT2D eigenvalue weighted by Crippen LogP contribution is -1.92. The normalized spacial score (nSPS) is 11.8. The summed E-state index contributed by atoms with van der Waals surface area (Å²) in [4.78, 5) is 3.74. The topological polar surface area (TPSA) is 86.9 Å². The number of nitrogens with zero attached hydrogens (tertiary/aromatic N) is 2. The van der Waals surface area contributed by atoms with E-state index < -0.39 is 5.70 Å². The Balaban J connectivity index is 2.97. The highest BCUT2D eigenvalue weighted by atomic mass is 33.1. The molecule has 0 fully saturated rings. The average Bonchev–Trinajstić information content (AvgIpc) is 2.55. The lowest BCUT2D eigenvalue weighted by atomic mass is 11.0. The van der Waals surface area contributed by atoms with Crippen molar-refractivity contribution in [2.75, 3.05) is 0 Å². The second-order valence-corrected chi connectivity index (χ2v) is 8.37. The standard InChI is InChI=1S/C3H7N4OPS2/c4-10-9(8,11-5)7-2-1-6-3-7/h1-3H,4-5H2. The fourth-order valence-corrected chi connectivity index (χ4v) is 3.04. The number of imidazole rings is 1. The van der Waals surface area contributed by atoms with Gasteiger partial charge < -0.3 is 0 Å². The summed E-state index contributed by atoms with van der Waals surface area (Å²) in [6.45, 7) is 0. The molecule has 8 heteroatoms. The second-order valence-electron chi connectivity index (χ2n) is 1.62. The Hall–Kier alpha value is 0.0600. The largest absolute Gasteiger partial charge is 0.313 e. The van der Waals surface area contributed by atoms with Crippen LogP contribution < -0.4 is 10.3 Å². The van der Waals surface area contributed by atoms with E-state index in [9.17, 15) is 4.57 Å². The van der Waals surface area contributed by atoms with E-state index >= 15 is 0 Å². The molecule has 0 saturated heterocycles. The monoisotopic (exact) mass is 210 g/mol. The van der Waals surface area contributed by atoms with Gasteiger partial charge >= 0.3 is 5.70 Å². The molecule has 11 heavy (non-hydrogen) atoms.